The number of benzene rings is 1. The van der Waals surface area contributed by atoms with Gasteiger partial charge in [-0.25, -0.2) is 14.5 Å². The van der Waals surface area contributed by atoms with E-state index in [9.17, 15) is 9.59 Å². The summed E-state index contributed by atoms with van der Waals surface area (Å²) in [4.78, 5) is 28.4. The van der Waals surface area contributed by atoms with Crippen molar-refractivity contribution in [2.75, 3.05) is 5.75 Å². The van der Waals surface area contributed by atoms with Gasteiger partial charge in [-0.1, -0.05) is 36.4 Å². The van der Waals surface area contributed by atoms with E-state index in [1.54, 1.807) is 11.0 Å². The average molecular weight is 400 g/mol. The summed E-state index contributed by atoms with van der Waals surface area (Å²) in [6.07, 6.45) is 6.73. The standard InChI is InChI=1S/C20H25N5O2S/c1-13(17-10-14-7-8-15(17)9-14)22-19(27)23-18(26)11-28-20-21-12-25(24-20)16-5-3-2-4-6-16/h2-6,12-15,17H,7-11H2,1H3,(H2,22,23,26,27). The SMILES string of the molecule is CC(NC(=O)NC(=O)CSc1ncn(-c2ccccc2)n1)C1CC2CCC1C2. The van der Waals surface area contributed by atoms with Gasteiger partial charge in [0.25, 0.3) is 0 Å². The van der Waals surface area contributed by atoms with Crippen molar-refractivity contribution in [2.24, 2.45) is 17.8 Å². The largest absolute Gasteiger partial charge is 0.335 e. The Bertz CT molecular complexity index is 840. The number of nitrogens with zero attached hydrogens (tertiary/aromatic N) is 3. The van der Waals surface area contributed by atoms with Gasteiger partial charge in [0.2, 0.25) is 11.1 Å². The Kier molecular flexibility index (Phi) is 5.66. The molecule has 4 unspecified atom stereocenters. The van der Waals surface area contributed by atoms with Gasteiger partial charge in [-0.3, -0.25) is 10.1 Å². The first-order valence-corrected chi connectivity index (χ1v) is 10.8. The highest BCUT2D eigenvalue weighted by Crippen LogP contribution is 2.49. The lowest BCUT2D eigenvalue weighted by Gasteiger charge is -2.28. The number of para-hydroxylation sites is 1. The first kappa shape index (κ1) is 19.0. The maximum absolute atomic E-state index is 12.1. The van der Waals surface area contributed by atoms with Crippen molar-refractivity contribution in [1.29, 1.82) is 0 Å². The van der Waals surface area contributed by atoms with Crippen LogP contribution in [0, 0.1) is 17.8 Å². The monoisotopic (exact) mass is 399 g/mol. The third-order valence-electron chi connectivity index (χ3n) is 5.87. The van der Waals surface area contributed by atoms with Gasteiger partial charge in [-0.05, 0) is 56.1 Å². The van der Waals surface area contributed by atoms with Crippen LogP contribution in [-0.2, 0) is 4.79 Å². The molecule has 1 aromatic heterocycles. The number of carbonyl (C=O) groups excluding carboxylic acids is 2. The second-order valence-electron chi connectivity index (χ2n) is 7.74. The molecule has 2 fully saturated rings. The third-order valence-corrected chi connectivity index (χ3v) is 6.72. The summed E-state index contributed by atoms with van der Waals surface area (Å²) < 4.78 is 1.66. The smallest absolute Gasteiger partial charge is 0.321 e. The number of hydrogen-bond donors (Lipinski definition) is 2. The number of aromatic nitrogens is 3. The summed E-state index contributed by atoms with van der Waals surface area (Å²) >= 11 is 1.20. The molecule has 4 rings (SSSR count). The van der Waals surface area contributed by atoms with E-state index in [-0.39, 0.29) is 17.7 Å². The van der Waals surface area contributed by atoms with Crippen molar-refractivity contribution in [2.45, 2.75) is 43.8 Å². The Balaban J connectivity index is 1.21. The molecule has 2 aliphatic rings. The molecule has 4 atom stereocenters. The first-order chi connectivity index (χ1) is 13.6. The molecule has 2 aromatic rings. The molecule has 2 N–H and O–H groups in total. The second kappa shape index (κ2) is 8.34. The lowest BCUT2D eigenvalue weighted by Crippen LogP contribution is -2.47. The molecule has 1 heterocycles. The quantitative estimate of drug-likeness (QED) is 0.729. The number of fused-ring (bicyclic) bond motifs is 2. The molecule has 8 heteroatoms. The van der Waals surface area contributed by atoms with Crippen molar-refractivity contribution >= 4 is 23.7 Å². The molecule has 2 aliphatic carbocycles. The minimum absolute atomic E-state index is 0.0920. The molecule has 1 aromatic carbocycles. The van der Waals surface area contributed by atoms with E-state index in [1.807, 2.05) is 37.3 Å². The fourth-order valence-corrected chi connectivity index (χ4v) is 5.17. The first-order valence-electron chi connectivity index (χ1n) is 9.78. The highest BCUT2D eigenvalue weighted by molar-refractivity contribution is 7.99. The molecule has 28 heavy (non-hydrogen) atoms. The minimum atomic E-state index is -0.413. The number of carbonyl (C=O) groups is 2. The Morgan fingerprint density at radius 1 is 1.25 bits per heavy atom. The zero-order valence-corrected chi connectivity index (χ0v) is 16.7. The van der Waals surface area contributed by atoms with Crippen LogP contribution in [-0.4, -0.2) is 38.5 Å². The highest BCUT2D eigenvalue weighted by atomic mass is 32.2. The van der Waals surface area contributed by atoms with Crippen LogP contribution >= 0.6 is 11.8 Å². The van der Waals surface area contributed by atoms with Crippen LogP contribution in [0.3, 0.4) is 0 Å². The Morgan fingerprint density at radius 3 is 2.79 bits per heavy atom. The van der Waals surface area contributed by atoms with Crippen LogP contribution < -0.4 is 10.6 Å². The zero-order chi connectivity index (χ0) is 19.5. The lowest BCUT2D eigenvalue weighted by molar-refractivity contribution is -0.117. The number of urea groups is 1. The number of rotatable bonds is 6. The van der Waals surface area contributed by atoms with Gasteiger partial charge in [0.05, 0.1) is 11.4 Å². The Morgan fingerprint density at radius 2 is 2.07 bits per heavy atom. The van der Waals surface area contributed by atoms with Crippen molar-refractivity contribution < 1.29 is 9.59 Å². The number of nitrogens with one attached hydrogen (secondary N) is 2. The predicted octanol–water partition coefficient (Wildman–Crippen LogP) is 3.01. The summed E-state index contributed by atoms with van der Waals surface area (Å²) in [6.45, 7) is 2.05. The zero-order valence-electron chi connectivity index (χ0n) is 15.9. The number of hydrogen-bond acceptors (Lipinski definition) is 5. The summed E-state index contributed by atoms with van der Waals surface area (Å²) in [5.74, 6) is 1.86. The third kappa shape index (κ3) is 4.38. The fraction of sp³-hybridized carbons (Fsp3) is 0.500. The normalized spacial score (nSPS) is 24.1. The van der Waals surface area contributed by atoms with Crippen LogP contribution in [0.1, 0.15) is 32.6 Å². The second-order valence-corrected chi connectivity index (χ2v) is 8.69. The summed E-state index contributed by atoms with van der Waals surface area (Å²) in [6, 6.07) is 9.32. The van der Waals surface area contributed by atoms with Gasteiger partial charge in [0, 0.05) is 6.04 Å². The van der Waals surface area contributed by atoms with Crippen molar-refractivity contribution in [3.05, 3.63) is 36.7 Å². The molecule has 3 amide bonds. The van der Waals surface area contributed by atoms with Gasteiger partial charge < -0.3 is 5.32 Å². The molecule has 2 bridgehead atoms. The van der Waals surface area contributed by atoms with Crippen molar-refractivity contribution in [1.82, 2.24) is 25.4 Å². The molecule has 0 radical (unpaired) electrons. The van der Waals surface area contributed by atoms with E-state index in [0.717, 1.165) is 17.5 Å². The van der Waals surface area contributed by atoms with E-state index < -0.39 is 6.03 Å². The minimum Gasteiger partial charge on any atom is -0.335 e. The number of thioether (sulfide) groups is 1. The highest BCUT2D eigenvalue weighted by Gasteiger charge is 2.42. The van der Waals surface area contributed by atoms with Crippen molar-refractivity contribution in [3.8, 4) is 5.69 Å². The van der Waals surface area contributed by atoms with Crippen LogP contribution in [0.25, 0.3) is 5.69 Å². The lowest BCUT2D eigenvalue weighted by atomic mass is 9.84. The molecular weight excluding hydrogens is 374 g/mol. The number of amides is 3. The molecular formula is C20H25N5O2S. The molecule has 2 saturated carbocycles. The summed E-state index contributed by atoms with van der Waals surface area (Å²) in [5, 5.41) is 10.2. The van der Waals surface area contributed by atoms with Crippen LogP contribution in [0.15, 0.2) is 41.8 Å². The van der Waals surface area contributed by atoms with Crippen molar-refractivity contribution in [3.63, 3.8) is 0 Å². The molecule has 0 aliphatic heterocycles. The van der Waals surface area contributed by atoms with Gasteiger partial charge in [0.15, 0.2) is 0 Å². The number of imide groups is 1. The van der Waals surface area contributed by atoms with Gasteiger partial charge in [-0.15, -0.1) is 5.10 Å². The fourth-order valence-electron chi connectivity index (χ4n) is 4.57. The molecule has 7 nitrogen and oxygen atoms in total. The topological polar surface area (TPSA) is 88.9 Å². The van der Waals surface area contributed by atoms with Crippen LogP contribution in [0.2, 0.25) is 0 Å². The van der Waals surface area contributed by atoms with E-state index in [2.05, 4.69) is 20.7 Å². The molecule has 0 spiro atoms. The summed E-state index contributed by atoms with van der Waals surface area (Å²) in [5.41, 5.74) is 0.903. The van der Waals surface area contributed by atoms with E-state index in [0.29, 0.717) is 11.1 Å². The molecule has 0 saturated heterocycles. The van der Waals surface area contributed by atoms with E-state index in [4.69, 9.17) is 0 Å². The Hall–Kier alpha value is -2.35. The maximum Gasteiger partial charge on any atom is 0.321 e. The van der Waals surface area contributed by atoms with Gasteiger partial charge >= 0.3 is 6.03 Å². The molecule has 148 valence electrons. The van der Waals surface area contributed by atoms with E-state index >= 15 is 0 Å². The summed E-state index contributed by atoms with van der Waals surface area (Å²) in [7, 11) is 0. The maximum atomic E-state index is 12.1. The van der Waals surface area contributed by atoms with E-state index in [1.165, 1.54) is 37.4 Å². The average Bonchev–Trinajstić information content (AvgIpc) is 3.43. The predicted molar refractivity (Wildman–Crippen MR) is 107 cm³/mol. The van der Waals surface area contributed by atoms with Crippen LogP contribution in [0.4, 0.5) is 4.79 Å². The Labute approximate surface area is 168 Å². The van der Waals surface area contributed by atoms with Gasteiger partial charge in [-0.2, -0.15) is 0 Å². The van der Waals surface area contributed by atoms with Crippen LogP contribution in [0.5, 0.6) is 0 Å². The van der Waals surface area contributed by atoms with Gasteiger partial charge in [0.1, 0.15) is 6.33 Å².